The number of thiophene rings is 1. The lowest BCUT2D eigenvalue weighted by Crippen LogP contribution is -2.43. The molecule has 7 heteroatoms. The first-order valence-corrected chi connectivity index (χ1v) is 10.2. The summed E-state index contributed by atoms with van der Waals surface area (Å²) in [4.78, 5) is 31.3. The van der Waals surface area contributed by atoms with E-state index in [1.165, 1.54) is 10.5 Å². The molecule has 1 aliphatic heterocycles. The molecule has 2 fully saturated rings. The van der Waals surface area contributed by atoms with E-state index in [1.54, 1.807) is 11.3 Å². The maximum absolute atomic E-state index is 12.7. The largest absolute Gasteiger partial charge is 0.357 e. The molecule has 2 aliphatic carbocycles. The minimum atomic E-state index is -0.113. The van der Waals surface area contributed by atoms with Gasteiger partial charge in [-0.25, -0.2) is 4.99 Å². The minimum absolute atomic E-state index is 0.0128. The van der Waals surface area contributed by atoms with Gasteiger partial charge in [-0.05, 0) is 47.6 Å². The van der Waals surface area contributed by atoms with Crippen LogP contribution in [-0.2, 0) is 16.1 Å². The molecule has 1 aromatic heterocycles. The average molecular weight is 372 g/mol. The number of nitrogens with zero attached hydrogens (tertiary/aromatic N) is 2. The fourth-order valence-corrected chi connectivity index (χ4v) is 5.03. The molecule has 1 saturated carbocycles. The van der Waals surface area contributed by atoms with Gasteiger partial charge in [-0.3, -0.25) is 14.5 Å². The first-order chi connectivity index (χ1) is 12.7. The fourth-order valence-electron chi connectivity index (χ4n) is 4.37. The second kappa shape index (κ2) is 7.23. The Morgan fingerprint density at radius 1 is 1.23 bits per heavy atom. The summed E-state index contributed by atoms with van der Waals surface area (Å²) in [5.41, 5.74) is 1.17. The highest BCUT2D eigenvalue weighted by Gasteiger charge is 2.58. The molecule has 3 aliphatic rings. The molecule has 4 unspecified atom stereocenters. The summed E-state index contributed by atoms with van der Waals surface area (Å²) in [5.74, 6) is 1.04. The number of amides is 2. The Kier molecular flexibility index (Phi) is 4.80. The third-order valence-corrected chi connectivity index (χ3v) is 6.27. The van der Waals surface area contributed by atoms with Crippen LogP contribution in [0.15, 0.2) is 34.0 Å². The van der Waals surface area contributed by atoms with Crippen LogP contribution in [0.2, 0.25) is 0 Å². The predicted octanol–water partition coefficient (Wildman–Crippen LogP) is 1.61. The van der Waals surface area contributed by atoms with Gasteiger partial charge < -0.3 is 10.6 Å². The third-order valence-electron chi connectivity index (χ3n) is 5.53. The van der Waals surface area contributed by atoms with Crippen molar-refractivity contribution in [2.75, 3.05) is 19.6 Å². The molecule has 4 rings (SSSR count). The molecule has 4 atom stereocenters. The topological polar surface area (TPSA) is 73.8 Å². The van der Waals surface area contributed by atoms with Gasteiger partial charge in [-0.2, -0.15) is 11.3 Å². The Morgan fingerprint density at radius 2 is 1.96 bits per heavy atom. The van der Waals surface area contributed by atoms with Gasteiger partial charge in [-0.1, -0.05) is 12.2 Å². The number of imide groups is 1. The first kappa shape index (κ1) is 17.3. The molecule has 0 radical (unpaired) electrons. The molecule has 2 heterocycles. The number of allylic oxidation sites excluding steroid dienone is 2. The Balaban J connectivity index is 1.33. The molecule has 138 valence electrons. The molecule has 0 aromatic carbocycles. The van der Waals surface area contributed by atoms with Gasteiger partial charge in [0.15, 0.2) is 5.96 Å². The zero-order valence-corrected chi connectivity index (χ0v) is 15.7. The van der Waals surface area contributed by atoms with E-state index in [9.17, 15) is 9.59 Å². The van der Waals surface area contributed by atoms with Gasteiger partial charge in [0, 0.05) is 19.6 Å². The fraction of sp³-hybridized carbons (Fsp3) is 0.526. The van der Waals surface area contributed by atoms with E-state index in [4.69, 9.17) is 0 Å². The van der Waals surface area contributed by atoms with Crippen LogP contribution >= 0.6 is 11.3 Å². The lowest BCUT2D eigenvalue weighted by molar-refractivity contribution is -0.140. The van der Waals surface area contributed by atoms with E-state index in [0.717, 1.165) is 13.0 Å². The van der Waals surface area contributed by atoms with Crippen LogP contribution in [0, 0.1) is 23.7 Å². The van der Waals surface area contributed by atoms with E-state index >= 15 is 0 Å². The number of fused-ring (bicyclic) bond motifs is 5. The summed E-state index contributed by atoms with van der Waals surface area (Å²) in [7, 11) is 0. The van der Waals surface area contributed by atoms with Crippen molar-refractivity contribution in [3.8, 4) is 0 Å². The number of hydrogen-bond donors (Lipinski definition) is 2. The lowest BCUT2D eigenvalue weighted by atomic mass is 9.85. The molecular weight excluding hydrogens is 348 g/mol. The Hall–Kier alpha value is -2.15. The van der Waals surface area contributed by atoms with Crippen LogP contribution in [0.1, 0.15) is 18.9 Å². The summed E-state index contributed by atoms with van der Waals surface area (Å²) >= 11 is 1.66. The van der Waals surface area contributed by atoms with Crippen molar-refractivity contribution >= 4 is 29.1 Å². The number of aliphatic imine (C=N–C) groups is 1. The smallest absolute Gasteiger partial charge is 0.233 e. The summed E-state index contributed by atoms with van der Waals surface area (Å²) in [6.07, 6.45) is 5.22. The lowest BCUT2D eigenvalue weighted by Gasteiger charge is -2.18. The van der Waals surface area contributed by atoms with E-state index in [0.29, 0.717) is 25.6 Å². The number of guanidine groups is 1. The molecule has 0 spiro atoms. The monoisotopic (exact) mass is 372 g/mol. The van der Waals surface area contributed by atoms with Crippen molar-refractivity contribution < 1.29 is 9.59 Å². The van der Waals surface area contributed by atoms with Crippen LogP contribution in [0.25, 0.3) is 0 Å². The third kappa shape index (κ3) is 3.05. The molecule has 2 N–H and O–H groups in total. The van der Waals surface area contributed by atoms with Crippen molar-refractivity contribution in [3.05, 3.63) is 34.5 Å². The van der Waals surface area contributed by atoms with Crippen molar-refractivity contribution in [2.45, 2.75) is 19.9 Å². The Bertz CT molecular complexity index is 713. The number of carbonyl (C=O) groups is 2. The normalized spacial score (nSPS) is 29.6. The molecule has 1 aromatic rings. The second-order valence-electron chi connectivity index (χ2n) is 7.08. The van der Waals surface area contributed by atoms with E-state index in [1.807, 2.05) is 12.3 Å². The highest BCUT2D eigenvalue weighted by molar-refractivity contribution is 7.07. The van der Waals surface area contributed by atoms with Crippen LogP contribution < -0.4 is 10.6 Å². The van der Waals surface area contributed by atoms with Crippen molar-refractivity contribution in [3.63, 3.8) is 0 Å². The summed E-state index contributed by atoms with van der Waals surface area (Å²) in [5, 5.41) is 10.6. The zero-order chi connectivity index (χ0) is 18.1. The molecule has 26 heavy (non-hydrogen) atoms. The van der Waals surface area contributed by atoms with Crippen LogP contribution in [0.5, 0.6) is 0 Å². The van der Waals surface area contributed by atoms with E-state index in [2.05, 4.69) is 39.2 Å². The molecular formula is C19H24N4O2S. The summed E-state index contributed by atoms with van der Waals surface area (Å²) in [6.45, 7) is 4.29. The molecule has 1 saturated heterocycles. The number of hydrogen-bond acceptors (Lipinski definition) is 4. The Labute approximate surface area is 157 Å². The number of likely N-dealkylation sites (tertiary alicyclic amines) is 1. The van der Waals surface area contributed by atoms with Crippen LogP contribution in [0.3, 0.4) is 0 Å². The van der Waals surface area contributed by atoms with Gasteiger partial charge in [-0.15, -0.1) is 0 Å². The quantitative estimate of drug-likeness (QED) is 0.344. The number of rotatable bonds is 6. The van der Waals surface area contributed by atoms with E-state index < -0.39 is 0 Å². The summed E-state index contributed by atoms with van der Waals surface area (Å²) < 4.78 is 0. The molecule has 2 amide bonds. The predicted molar refractivity (Wildman–Crippen MR) is 102 cm³/mol. The maximum atomic E-state index is 12.7. The van der Waals surface area contributed by atoms with Gasteiger partial charge >= 0.3 is 0 Å². The highest BCUT2D eigenvalue weighted by atomic mass is 32.1. The van der Waals surface area contributed by atoms with Crippen LogP contribution in [-0.4, -0.2) is 42.3 Å². The number of nitrogens with one attached hydrogen (secondary N) is 2. The molecule has 6 nitrogen and oxygen atoms in total. The first-order valence-electron chi connectivity index (χ1n) is 9.26. The van der Waals surface area contributed by atoms with Gasteiger partial charge in [0.2, 0.25) is 11.8 Å². The maximum Gasteiger partial charge on any atom is 0.233 e. The highest BCUT2D eigenvalue weighted by Crippen LogP contribution is 2.52. The van der Waals surface area contributed by atoms with Crippen molar-refractivity contribution in [1.82, 2.24) is 15.5 Å². The van der Waals surface area contributed by atoms with Gasteiger partial charge in [0.05, 0.1) is 18.4 Å². The number of carbonyl (C=O) groups excluding carboxylic acids is 2. The van der Waals surface area contributed by atoms with Crippen molar-refractivity contribution in [1.29, 1.82) is 0 Å². The second-order valence-corrected chi connectivity index (χ2v) is 7.86. The summed E-state index contributed by atoms with van der Waals surface area (Å²) in [6, 6.07) is 2.06. The Morgan fingerprint density at radius 3 is 2.58 bits per heavy atom. The van der Waals surface area contributed by atoms with Gasteiger partial charge in [0.25, 0.3) is 0 Å². The zero-order valence-electron chi connectivity index (χ0n) is 14.9. The minimum Gasteiger partial charge on any atom is -0.357 e. The van der Waals surface area contributed by atoms with Crippen LogP contribution in [0.4, 0.5) is 0 Å². The van der Waals surface area contributed by atoms with Crippen molar-refractivity contribution in [2.24, 2.45) is 28.7 Å². The molecule has 2 bridgehead atoms. The standard InChI is InChI=1S/C19H24N4O2S/c1-2-20-19(22-10-12-5-8-26-11-12)21-6-7-23-17(24)15-13-3-4-14(9-13)16(15)18(23)25/h3-5,8,11,13-16H,2,6-7,9-10H2,1H3,(H2,20,21,22). The van der Waals surface area contributed by atoms with E-state index in [-0.39, 0.29) is 35.5 Å². The van der Waals surface area contributed by atoms with Gasteiger partial charge in [0.1, 0.15) is 0 Å². The SMILES string of the molecule is CCNC(=NCc1ccsc1)NCCN1C(=O)C2C3C=CC(C3)C2C1=O. The average Bonchev–Trinajstić information content (AvgIpc) is 3.40.